The number of non-ortho nitro benzene ring substituents is 1. The van der Waals surface area contributed by atoms with Gasteiger partial charge in [-0.1, -0.05) is 6.07 Å². The van der Waals surface area contributed by atoms with E-state index in [1.165, 1.54) is 34.9 Å². The molecule has 0 unspecified atom stereocenters. The van der Waals surface area contributed by atoms with E-state index >= 15 is 0 Å². The van der Waals surface area contributed by atoms with Crippen LogP contribution >= 0.6 is 0 Å². The van der Waals surface area contributed by atoms with Crippen molar-refractivity contribution in [2.75, 3.05) is 5.32 Å². The predicted octanol–water partition coefficient (Wildman–Crippen LogP) is 1.58. The minimum absolute atomic E-state index is 0.0567. The zero-order valence-electron chi connectivity index (χ0n) is 12.1. The van der Waals surface area contributed by atoms with Gasteiger partial charge >= 0.3 is 0 Å². The Morgan fingerprint density at radius 3 is 2.78 bits per heavy atom. The molecule has 1 amide bonds. The van der Waals surface area contributed by atoms with Crippen molar-refractivity contribution < 1.29 is 9.72 Å². The molecule has 0 spiro atoms. The fourth-order valence-corrected chi connectivity index (χ4v) is 1.99. The third-order valence-electron chi connectivity index (χ3n) is 3.16. The number of amides is 1. The van der Waals surface area contributed by atoms with Gasteiger partial charge in [0.05, 0.1) is 4.92 Å². The Balaban J connectivity index is 2.21. The number of rotatable bonds is 4. The van der Waals surface area contributed by atoms with Crippen molar-refractivity contribution in [2.45, 2.75) is 13.5 Å². The third kappa shape index (κ3) is 3.59. The molecule has 1 heterocycles. The molecule has 0 saturated carbocycles. The lowest BCUT2D eigenvalue weighted by Crippen LogP contribution is -2.30. The summed E-state index contributed by atoms with van der Waals surface area (Å²) in [4.78, 5) is 34.2. The number of carbonyl (C=O) groups is 1. The number of carbonyl (C=O) groups excluding carboxylic acids is 1. The highest BCUT2D eigenvalue weighted by atomic mass is 16.6. The number of nitriles is 1. The SMILES string of the molecule is Cc1ccc(C#N)c(=O)n1CC(=O)Nc1cccc([N+](=O)[O-])c1. The first-order valence-electron chi connectivity index (χ1n) is 6.57. The molecular formula is C15H12N4O4. The number of pyridine rings is 1. The van der Waals surface area contributed by atoms with E-state index in [1.54, 1.807) is 19.1 Å². The number of hydrogen-bond donors (Lipinski definition) is 1. The Morgan fingerprint density at radius 1 is 1.39 bits per heavy atom. The van der Waals surface area contributed by atoms with Crippen LogP contribution < -0.4 is 10.9 Å². The lowest BCUT2D eigenvalue weighted by molar-refractivity contribution is -0.384. The standard InChI is InChI=1S/C15H12N4O4/c1-10-5-6-11(8-16)15(21)18(10)9-14(20)17-12-3-2-4-13(7-12)19(22)23/h2-7H,9H2,1H3,(H,17,20). The molecule has 0 atom stereocenters. The average Bonchev–Trinajstić information content (AvgIpc) is 2.52. The van der Waals surface area contributed by atoms with Crippen LogP contribution in [0.15, 0.2) is 41.2 Å². The summed E-state index contributed by atoms with van der Waals surface area (Å²) < 4.78 is 1.17. The largest absolute Gasteiger partial charge is 0.324 e. The first kappa shape index (κ1) is 15.9. The van der Waals surface area contributed by atoms with Crippen molar-refractivity contribution in [3.05, 3.63) is 68.1 Å². The monoisotopic (exact) mass is 312 g/mol. The second-order valence-electron chi connectivity index (χ2n) is 4.75. The van der Waals surface area contributed by atoms with E-state index in [2.05, 4.69) is 5.32 Å². The van der Waals surface area contributed by atoms with Gasteiger partial charge in [0.1, 0.15) is 18.2 Å². The molecule has 0 aliphatic rings. The number of anilines is 1. The van der Waals surface area contributed by atoms with Gasteiger partial charge in [-0.3, -0.25) is 19.7 Å². The molecule has 1 N–H and O–H groups in total. The van der Waals surface area contributed by atoms with Crippen LogP contribution in [0.2, 0.25) is 0 Å². The van der Waals surface area contributed by atoms with Crippen LogP contribution in [-0.2, 0) is 11.3 Å². The van der Waals surface area contributed by atoms with Crippen LogP contribution in [0, 0.1) is 28.4 Å². The van der Waals surface area contributed by atoms with Gasteiger partial charge in [0.2, 0.25) is 5.91 Å². The van der Waals surface area contributed by atoms with Crippen molar-refractivity contribution in [1.82, 2.24) is 4.57 Å². The van der Waals surface area contributed by atoms with E-state index in [0.717, 1.165) is 0 Å². The summed E-state index contributed by atoms with van der Waals surface area (Å²) in [5.41, 5.74) is 0.0256. The molecule has 8 nitrogen and oxygen atoms in total. The molecule has 1 aromatic carbocycles. The van der Waals surface area contributed by atoms with Gasteiger partial charge in [-0.15, -0.1) is 0 Å². The van der Waals surface area contributed by atoms with Crippen molar-refractivity contribution in [1.29, 1.82) is 5.26 Å². The van der Waals surface area contributed by atoms with Crippen LogP contribution in [0.5, 0.6) is 0 Å². The molecule has 23 heavy (non-hydrogen) atoms. The molecular weight excluding hydrogens is 300 g/mol. The first-order chi connectivity index (χ1) is 10.9. The zero-order chi connectivity index (χ0) is 17.0. The third-order valence-corrected chi connectivity index (χ3v) is 3.16. The Labute approximate surface area is 130 Å². The summed E-state index contributed by atoms with van der Waals surface area (Å²) in [6.45, 7) is 1.35. The summed E-state index contributed by atoms with van der Waals surface area (Å²) in [6.07, 6.45) is 0. The lowest BCUT2D eigenvalue weighted by Gasteiger charge is -2.10. The van der Waals surface area contributed by atoms with E-state index in [0.29, 0.717) is 5.69 Å². The molecule has 0 saturated heterocycles. The van der Waals surface area contributed by atoms with Crippen molar-refractivity contribution in [3.8, 4) is 6.07 Å². The summed E-state index contributed by atoms with van der Waals surface area (Å²) in [6, 6.07) is 10.2. The summed E-state index contributed by atoms with van der Waals surface area (Å²) >= 11 is 0. The smallest absolute Gasteiger partial charge is 0.271 e. The molecule has 1 aromatic heterocycles. The van der Waals surface area contributed by atoms with Gasteiger partial charge in [-0.05, 0) is 25.1 Å². The molecule has 8 heteroatoms. The van der Waals surface area contributed by atoms with Crippen LogP contribution in [-0.4, -0.2) is 15.4 Å². The molecule has 116 valence electrons. The molecule has 0 fully saturated rings. The fraction of sp³-hybridized carbons (Fsp3) is 0.133. The Kier molecular flexibility index (Phi) is 4.52. The van der Waals surface area contributed by atoms with Crippen molar-refractivity contribution in [3.63, 3.8) is 0 Å². The molecule has 2 aromatic rings. The summed E-state index contributed by atoms with van der Waals surface area (Å²) in [7, 11) is 0. The molecule has 2 rings (SSSR count). The van der Waals surface area contributed by atoms with E-state index < -0.39 is 16.4 Å². The molecule has 0 bridgehead atoms. The summed E-state index contributed by atoms with van der Waals surface area (Å²) in [5, 5.41) is 22.1. The lowest BCUT2D eigenvalue weighted by atomic mass is 10.2. The van der Waals surface area contributed by atoms with Crippen LogP contribution in [0.3, 0.4) is 0 Å². The van der Waals surface area contributed by atoms with E-state index in [9.17, 15) is 19.7 Å². The van der Waals surface area contributed by atoms with Crippen LogP contribution in [0.25, 0.3) is 0 Å². The minimum atomic E-state index is -0.569. The topological polar surface area (TPSA) is 118 Å². The van der Waals surface area contributed by atoms with Gasteiger partial charge in [-0.2, -0.15) is 5.26 Å². The summed E-state index contributed by atoms with van der Waals surface area (Å²) in [5.74, 6) is -0.522. The fourth-order valence-electron chi connectivity index (χ4n) is 1.99. The number of nitrogens with zero attached hydrogens (tertiary/aromatic N) is 3. The number of hydrogen-bond acceptors (Lipinski definition) is 5. The number of nitrogens with one attached hydrogen (secondary N) is 1. The number of nitro benzene ring substituents is 1. The van der Waals surface area contributed by atoms with E-state index in [4.69, 9.17) is 5.26 Å². The van der Waals surface area contributed by atoms with E-state index in [-0.39, 0.29) is 23.5 Å². The molecule has 0 aliphatic heterocycles. The molecule has 0 aliphatic carbocycles. The van der Waals surface area contributed by atoms with Gasteiger partial charge in [0, 0.05) is 23.5 Å². The van der Waals surface area contributed by atoms with Crippen molar-refractivity contribution in [2.24, 2.45) is 0 Å². The van der Waals surface area contributed by atoms with Crippen molar-refractivity contribution >= 4 is 17.3 Å². The highest BCUT2D eigenvalue weighted by Crippen LogP contribution is 2.16. The maximum atomic E-state index is 12.0. The number of benzene rings is 1. The highest BCUT2D eigenvalue weighted by Gasteiger charge is 2.12. The Bertz CT molecular complexity index is 880. The number of aryl methyl sites for hydroxylation is 1. The maximum absolute atomic E-state index is 12.0. The maximum Gasteiger partial charge on any atom is 0.271 e. The second-order valence-corrected chi connectivity index (χ2v) is 4.75. The van der Waals surface area contributed by atoms with Gasteiger partial charge in [0.15, 0.2) is 0 Å². The number of aromatic nitrogens is 1. The molecule has 0 radical (unpaired) electrons. The highest BCUT2D eigenvalue weighted by molar-refractivity contribution is 5.90. The van der Waals surface area contributed by atoms with Gasteiger partial charge in [0.25, 0.3) is 11.2 Å². The zero-order valence-corrected chi connectivity index (χ0v) is 12.1. The van der Waals surface area contributed by atoms with Crippen LogP contribution in [0.4, 0.5) is 11.4 Å². The quantitative estimate of drug-likeness (QED) is 0.679. The average molecular weight is 312 g/mol. The van der Waals surface area contributed by atoms with Gasteiger partial charge in [-0.25, -0.2) is 0 Å². The predicted molar refractivity (Wildman–Crippen MR) is 81.9 cm³/mol. The normalized spacial score (nSPS) is 9.91. The Morgan fingerprint density at radius 2 is 2.13 bits per heavy atom. The number of nitro groups is 1. The van der Waals surface area contributed by atoms with Gasteiger partial charge < -0.3 is 9.88 Å². The Hall–Kier alpha value is -3.47. The van der Waals surface area contributed by atoms with Crippen LogP contribution in [0.1, 0.15) is 11.3 Å². The van der Waals surface area contributed by atoms with E-state index in [1.807, 2.05) is 0 Å². The minimum Gasteiger partial charge on any atom is -0.324 e. The first-order valence-corrected chi connectivity index (χ1v) is 6.57. The second kappa shape index (κ2) is 6.53.